The summed E-state index contributed by atoms with van der Waals surface area (Å²) in [6, 6.07) is -1.36. The molecule has 106 valence electrons. The Morgan fingerprint density at radius 2 is 2.16 bits per heavy atom. The van der Waals surface area contributed by atoms with Gasteiger partial charge in [0, 0.05) is 12.7 Å². The Labute approximate surface area is 112 Å². The van der Waals surface area contributed by atoms with Crippen molar-refractivity contribution in [2.24, 2.45) is 5.92 Å². The summed E-state index contributed by atoms with van der Waals surface area (Å²) in [6.07, 6.45) is 3.60. The summed E-state index contributed by atoms with van der Waals surface area (Å²) in [7, 11) is 0. The maximum Gasteiger partial charge on any atom is 0.326 e. The summed E-state index contributed by atoms with van der Waals surface area (Å²) in [5, 5.41) is 18.1. The van der Waals surface area contributed by atoms with Crippen molar-refractivity contribution in [3.05, 3.63) is 18.0 Å². The average molecular weight is 268 g/mol. The first kappa shape index (κ1) is 15.0. The van der Waals surface area contributed by atoms with Crippen LogP contribution in [0.4, 0.5) is 4.79 Å². The number of carbonyl (C=O) groups excluding carboxylic acids is 1. The Bertz CT molecular complexity index is 442. The smallest absolute Gasteiger partial charge is 0.326 e. The highest BCUT2D eigenvalue weighted by atomic mass is 16.4. The lowest BCUT2D eigenvalue weighted by Gasteiger charge is -2.18. The van der Waals surface area contributed by atoms with Crippen LogP contribution in [-0.4, -0.2) is 39.5 Å². The summed E-state index contributed by atoms with van der Waals surface area (Å²) in [6.45, 7) is 6.35. The molecular formula is C12H20N4O3. The molecule has 1 aromatic heterocycles. The van der Waals surface area contributed by atoms with Gasteiger partial charge in [-0.05, 0) is 18.4 Å². The number of aliphatic carboxylic acids is 1. The van der Waals surface area contributed by atoms with Crippen LogP contribution in [0.25, 0.3) is 0 Å². The molecule has 7 heteroatoms. The van der Waals surface area contributed by atoms with Crippen molar-refractivity contribution in [2.75, 3.05) is 6.54 Å². The fourth-order valence-corrected chi connectivity index (χ4v) is 1.58. The van der Waals surface area contributed by atoms with Crippen molar-refractivity contribution >= 4 is 12.0 Å². The number of urea groups is 1. The summed E-state index contributed by atoms with van der Waals surface area (Å²) >= 11 is 0. The molecule has 0 fully saturated rings. The molecule has 0 saturated carbocycles. The minimum absolute atomic E-state index is 0.169. The van der Waals surface area contributed by atoms with E-state index in [1.807, 2.05) is 13.1 Å². The van der Waals surface area contributed by atoms with Gasteiger partial charge in [-0.3, -0.25) is 4.68 Å². The molecule has 2 amide bonds. The van der Waals surface area contributed by atoms with Gasteiger partial charge in [0.1, 0.15) is 6.04 Å². The Balaban J connectivity index is 2.33. The number of hydrogen-bond acceptors (Lipinski definition) is 3. The molecule has 1 aromatic rings. The number of rotatable bonds is 6. The van der Waals surface area contributed by atoms with Gasteiger partial charge in [-0.25, -0.2) is 9.59 Å². The standard InChI is InChI=1S/C12H20N4O3/c1-8(2)10(11(17)18)15-12(19)13-4-5-16-7-9(3)6-14-16/h6-8,10H,4-5H2,1-3H3,(H,17,18)(H2,13,15,19)/t10-/m1/s1. The van der Waals surface area contributed by atoms with Gasteiger partial charge >= 0.3 is 12.0 Å². The second-order valence-corrected chi connectivity index (χ2v) is 4.74. The highest BCUT2D eigenvalue weighted by molar-refractivity contribution is 5.82. The predicted molar refractivity (Wildman–Crippen MR) is 69.8 cm³/mol. The molecule has 0 aliphatic rings. The molecule has 0 aromatic carbocycles. The lowest BCUT2D eigenvalue weighted by molar-refractivity contribution is -0.140. The van der Waals surface area contributed by atoms with Gasteiger partial charge in [0.15, 0.2) is 0 Å². The number of amides is 2. The summed E-state index contributed by atoms with van der Waals surface area (Å²) in [5.74, 6) is -1.20. The lowest BCUT2D eigenvalue weighted by Crippen LogP contribution is -2.49. The molecular weight excluding hydrogens is 248 g/mol. The van der Waals surface area contributed by atoms with Crippen molar-refractivity contribution in [1.82, 2.24) is 20.4 Å². The van der Waals surface area contributed by atoms with Gasteiger partial charge < -0.3 is 15.7 Å². The van der Waals surface area contributed by atoms with E-state index in [2.05, 4.69) is 15.7 Å². The van der Waals surface area contributed by atoms with E-state index in [0.29, 0.717) is 13.1 Å². The number of nitrogens with one attached hydrogen (secondary N) is 2. The Morgan fingerprint density at radius 1 is 1.47 bits per heavy atom. The maximum absolute atomic E-state index is 11.5. The molecule has 0 spiro atoms. The second-order valence-electron chi connectivity index (χ2n) is 4.74. The number of hydrogen-bond donors (Lipinski definition) is 3. The molecule has 0 bridgehead atoms. The van der Waals surface area contributed by atoms with Gasteiger partial charge in [0.2, 0.25) is 0 Å². The summed E-state index contributed by atoms with van der Waals surface area (Å²) in [4.78, 5) is 22.5. The number of carboxylic acids is 1. The van der Waals surface area contributed by atoms with Crippen LogP contribution in [0.15, 0.2) is 12.4 Å². The van der Waals surface area contributed by atoms with Crippen molar-refractivity contribution in [1.29, 1.82) is 0 Å². The van der Waals surface area contributed by atoms with Crippen LogP contribution in [0, 0.1) is 12.8 Å². The zero-order valence-corrected chi connectivity index (χ0v) is 11.4. The quantitative estimate of drug-likeness (QED) is 0.704. The Kier molecular flexibility index (Phi) is 5.35. The monoisotopic (exact) mass is 268 g/mol. The number of carbonyl (C=O) groups is 2. The van der Waals surface area contributed by atoms with E-state index in [1.54, 1.807) is 24.7 Å². The van der Waals surface area contributed by atoms with E-state index in [1.165, 1.54) is 0 Å². The zero-order valence-electron chi connectivity index (χ0n) is 11.4. The van der Waals surface area contributed by atoms with Crippen molar-refractivity contribution in [2.45, 2.75) is 33.4 Å². The first-order chi connectivity index (χ1) is 8.90. The Morgan fingerprint density at radius 3 is 2.63 bits per heavy atom. The minimum Gasteiger partial charge on any atom is -0.480 e. The molecule has 0 unspecified atom stereocenters. The highest BCUT2D eigenvalue weighted by Gasteiger charge is 2.22. The van der Waals surface area contributed by atoms with Crippen LogP contribution in [0.1, 0.15) is 19.4 Å². The third-order valence-corrected chi connectivity index (χ3v) is 2.61. The highest BCUT2D eigenvalue weighted by Crippen LogP contribution is 2.01. The fraction of sp³-hybridized carbons (Fsp3) is 0.583. The van der Waals surface area contributed by atoms with E-state index < -0.39 is 18.0 Å². The van der Waals surface area contributed by atoms with Crippen LogP contribution >= 0.6 is 0 Å². The first-order valence-corrected chi connectivity index (χ1v) is 6.16. The van der Waals surface area contributed by atoms with E-state index >= 15 is 0 Å². The molecule has 19 heavy (non-hydrogen) atoms. The lowest BCUT2D eigenvalue weighted by atomic mass is 10.1. The van der Waals surface area contributed by atoms with Gasteiger partial charge in [0.25, 0.3) is 0 Å². The van der Waals surface area contributed by atoms with Crippen LogP contribution in [-0.2, 0) is 11.3 Å². The summed E-state index contributed by atoms with van der Waals surface area (Å²) in [5.41, 5.74) is 1.05. The SMILES string of the molecule is Cc1cnn(CCNC(=O)N[C@@H](C(=O)O)C(C)C)c1. The van der Waals surface area contributed by atoms with Gasteiger partial charge in [-0.15, -0.1) is 0 Å². The molecule has 0 radical (unpaired) electrons. The molecule has 1 atom stereocenters. The van der Waals surface area contributed by atoms with Gasteiger partial charge in [-0.2, -0.15) is 5.10 Å². The van der Waals surface area contributed by atoms with E-state index in [9.17, 15) is 9.59 Å². The number of aromatic nitrogens is 2. The zero-order chi connectivity index (χ0) is 14.4. The Hall–Kier alpha value is -2.05. The van der Waals surface area contributed by atoms with E-state index in [4.69, 9.17) is 5.11 Å². The van der Waals surface area contributed by atoms with Gasteiger partial charge in [-0.1, -0.05) is 13.8 Å². The van der Waals surface area contributed by atoms with Crippen LogP contribution in [0.2, 0.25) is 0 Å². The average Bonchev–Trinajstić information content (AvgIpc) is 2.71. The molecule has 0 aliphatic heterocycles. The third kappa shape index (κ3) is 4.99. The van der Waals surface area contributed by atoms with Crippen LogP contribution < -0.4 is 10.6 Å². The van der Waals surface area contributed by atoms with Crippen molar-refractivity contribution in [3.8, 4) is 0 Å². The minimum atomic E-state index is -1.03. The molecule has 0 aliphatic carbocycles. The van der Waals surface area contributed by atoms with Crippen LogP contribution in [0.3, 0.4) is 0 Å². The molecule has 0 saturated heterocycles. The van der Waals surface area contributed by atoms with Crippen LogP contribution in [0.5, 0.6) is 0 Å². The number of nitrogens with zero attached hydrogens (tertiary/aromatic N) is 2. The number of aryl methyl sites for hydroxylation is 1. The summed E-state index contributed by atoms with van der Waals surface area (Å²) < 4.78 is 1.72. The van der Waals surface area contributed by atoms with Crippen molar-refractivity contribution < 1.29 is 14.7 Å². The fourth-order valence-electron chi connectivity index (χ4n) is 1.58. The molecule has 1 rings (SSSR count). The third-order valence-electron chi connectivity index (χ3n) is 2.61. The van der Waals surface area contributed by atoms with E-state index in [0.717, 1.165) is 5.56 Å². The topological polar surface area (TPSA) is 96.3 Å². The number of carboxylic acid groups (broad SMARTS) is 1. The second kappa shape index (κ2) is 6.77. The van der Waals surface area contributed by atoms with Gasteiger partial charge in [0.05, 0.1) is 12.7 Å². The normalized spacial score (nSPS) is 12.2. The molecule has 1 heterocycles. The van der Waals surface area contributed by atoms with E-state index in [-0.39, 0.29) is 5.92 Å². The largest absolute Gasteiger partial charge is 0.480 e. The predicted octanol–water partition coefficient (Wildman–Crippen LogP) is 0.600. The van der Waals surface area contributed by atoms with Crippen molar-refractivity contribution in [3.63, 3.8) is 0 Å². The maximum atomic E-state index is 11.5. The molecule has 3 N–H and O–H groups in total. The molecule has 7 nitrogen and oxygen atoms in total. The first-order valence-electron chi connectivity index (χ1n) is 6.16.